The molecule has 3 heterocycles. The summed E-state index contributed by atoms with van der Waals surface area (Å²) in [6.45, 7) is 4.61. The van der Waals surface area contributed by atoms with E-state index >= 15 is 0 Å². The van der Waals surface area contributed by atoms with Crippen molar-refractivity contribution in [1.29, 1.82) is 0 Å². The molecule has 4 heteroatoms. The van der Waals surface area contributed by atoms with Gasteiger partial charge < -0.3 is 8.83 Å². The third-order valence-electron chi connectivity index (χ3n) is 11.1. The Morgan fingerprint density at radius 2 is 1.06 bits per heavy atom. The van der Waals surface area contributed by atoms with Crippen molar-refractivity contribution in [3.05, 3.63) is 169 Å². The molecule has 0 atom stereocenters. The van der Waals surface area contributed by atoms with Crippen LogP contribution in [0.2, 0.25) is 0 Å². The molecule has 0 bridgehead atoms. The van der Waals surface area contributed by atoms with Crippen molar-refractivity contribution in [2.45, 2.75) is 19.3 Å². The fraction of sp³-hybridized carbons (Fsp3) is 0.0612. The molecule has 0 spiro atoms. The summed E-state index contributed by atoms with van der Waals surface area (Å²) in [5.74, 6) is 0.664. The molecule has 53 heavy (non-hydrogen) atoms. The number of fused-ring (bicyclic) bond motifs is 9. The predicted molar refractivity (Wildman–Crippen MR) is 216 cm³/mol. The molecule has 0 N–H and O–H groups in total. The van der Waals surface area contributed by atoms with Gasteiger partial charge in [0.2, 0.25) is 0 Å². The van der Waals surface area contributed by atoms with E-state index < -0.39 is 0 Å². The molecule has 250 valence electrons. The molecule has 11 rings (SSSR count). The first-order valence-corrected chi connectivity index (χ1v) is 18.1. The van der Waals surface area contributed by atoms with E-state index in [2.05, 4.69) is 135 Å². The molecule has 0 fully saturated rings. The molecule has 3 aromatic heterocycles. The minimum Gasteiger partial charge on any atom is -0.455 e. The summed E-state index contributed by atoms with van der Waals surface area (Å²) in [5.41, 5.74) is 16.1. The van der Waals surface area contributed by atoms with Crippen molar-refractivity contribution in [2.24, 2.45) is 0 Å². The largest absolute Gasteiger partial charge is 0.455 e. The van der Waals surface area contributed by atoms with Crippen molar-refractivity contribution in [2.75, 3.05) is 0 Å². The van der Waals surface area contributed by atoms with E-state index in [4.69, 9.17) is 18.8 Å². The fourth-order valence-electron chi connectivity index (χ4n) is 8.49. The van der Waals surface area contributed by atoms with Gasteiger partial charge in [0.25, 0.3) is 0 Å². The second kappa shape index (κ2) is 11.1. The second-order valence-electron chi connectivity index (χ2n) is 14.5. The van der Waals surface area contributed by atoms with E-state index in [9.17, 15) is 0 Å². The Labute approximate surface area is 306 Å². The summed E-state index contributed by atoms with van der Waals surface area (Å²) in [5, 5.41) is 3.00. The van der Waals surface area contributed by atoms with Crippen molar-refractivity contribution >= 4 is 44.0 Å². The highest BCUT2D eigenvalue weighted by molar-refractivity contribution is 6.18. The zero-order valence-electron chi connectivity index (χ0n) is 29.2. The van der Waals surface area contributed by atoms with Crippen LogP contribution in [0.15, 0.2) is 167 Å². The maximum Gasteiger partial charge on any atom is 0.180 e. The summed E-state index contributed by atoms with van der Waals surface area (Å²) < 4.78 is 13.3. The first-order chi connectivity index (χ1) is 26.0. The molecule has 1 aliphatic carbocycles. The Hall–Kier alpha value is -6.78. The SMILES string of the molecule is CC1(C)c2ccccc2-c2ccc(-c3nc(-c4cccc5oc6c(-c7ccc(-c8ccccc8)cc7)cccc6c45)c4oc5ccccc5c4n3)cc21. The van der Waals surface area contributed by atoms with Crippen molar-refractivity contribution in [3.8, 4) is 56.0 Å². The average molecular weight is 681 g/mol. The zero-order chi connectivity index (χ0) is 35.3. The highest BCUT2D eigenvalue weighted by Gasteiger charge is 2.35. The molecule has 0 amide bonds. The molecule has 0 saturated heterocycles. The van der Waals surface area contributed by atoms with Crippen LogP contribution in [0.25, 0.3) is 100 Å². The monoisotopic (exact) mass is 680 g/mol. The van der Waals surface area contributed by atoms with E-state index in [0.29, 0.717) is 11.4 Å². The van der Waals surface area contributed by atoms with Gasteiger partial charge >= 0.3 is 0 Å². The first kappa shape index (κ1) is 29.9. The standard InChI is InChI=1S/C49H32N2O2/c1-49(2)39-19-8-6-14-34(39)35-27-26-32(28-40(35)49)48-50-44-36-15-7-9-20-41(36)52-47(44)45(51-48)37-17-11-21-42-43(37)38-18-10-16-33(46(38)53-42)31-24-22-30(23-25-31)29-12-4-3-5-13-29/h3-28H,1-2H3. The second-order valence-corrected chi connectivity index (χ2v) is 14.5. The highest BCUT2D eigenvalue weighted by atomic mass is 16.3. The van der Waals surface area contributed by atoms with Crippen LogP contribution in [0, 0.1) is 0 Å². The smallest absolute Gasteiger partial charge is 0.180 e. The summed E-state index contributed by atoms with van der Waals surface area (Å²) in [6.07, 6.45) is 0. The van der Waals surface area contributed by atoms with Crippen LogP contribution in [0.5, 0.6) is 0 Å². The van der Waals surface area contributed by atoms with Crippen molar-refractivity contribution in [3.63, 3.8) is 0 Å². The van der Waals surface area contributed by atoms with Crippen molar-refractivity contribution in [1.82, 2.24) is 9.97 Å². The van der Waals surface area contributed by atoms with Gasteiger partial charge in [0, 0.05) is 38.3 Å². The van der Waals surface area contributed by atoms with Crippen LogP contribution in [0.3, 0.4) is 0 Å². The number of hydrogen-bond acceptors (Lipinski definition) is 4. The van der Waals surface area contributed by atoms with Gasteiger partial charge in [-0.05, 0) is 63.2 Å². The van der Waals surface area contributed by atoms with Crippen LogP contribution in [0.1, 0.15) is 25.0 Å². The Morgan fingerprint density at radius 1 is 0.434 bits per heavy atom. The van der Waals surface area contributed by atoms with Crippen LogP contribution in [0.4, 0.5) is 0 Å². The summed E-state index contributed by atoms with van der Waals surface area (Å²) in [7, 11) is 0. The van der Waals surface area contributed by atoms with Gasteiger partial charge in [-0.25, -0.2) is 9.97 Å². The third kappa shape index (κ3) is 4.42. The van der Waals surface area contributed by atoms with E-state index in [0.717, 1.165) is 66.4 Å². The Bertz CT molecular complexity index is 3080. The van der Waals surface area contributed by atoms with Crippen molar-refractivity contribution < 1.29 is 8.83 Å². The van der Waals surface area contributed by atoms with Crippen LogP contribution in [-0.2, 0) is 5.41 Å². The fourth-order valence-corrected chi connectivity index (χ4v) is 8.49. The number of benzene rings is 7. The molecule has 1 aliphatic rings. The molecular weight excluding hydrogens is 649 g/mol. The number of nitrogens with zero attached hydrogens (tertiary/aromatic N) is 2. The number of hydrogen-bond donors (Lipinski definition) is 0. The number of para-hydroxylation sites is 2. The van der Waals surface area contributed by atoms with E-state index in [-0.39, 0.29) is 5.41 Å². The van der Waals surface area contributed by atoms with Crippen LogP contribution in [-0.4, -0.2) is 9.97 Å². The average Bonchev–Trinajstić information content (AvgIpc) is 3.86. The first-order valence-electron chi connectivity index (χ1n) is 18.1. The van der Waals surface area contributed by atoms with Gasteiger partial charge in [-0.1, -0.05) is 147 Å². The molecule has 0 aliphatic heterocycles. The molecule has 4 nitrogen and oxygen atoms in total. The van der Waals surface area contributed by atoms with Gasteiger partial charge in [-0.3, -0.25) is 0 Å². The quantitative estimate of drug-likeness (QED) is 0.186. The molecule has 7 aromatic carbocycles. The topological polar surface area (TPSA) is 52.1 Å². The maximum atomic E-state index is 6.73. The minimum atomic E-state index is -0.141. The lowest BCUT2D eigenvalue weighted by molar-refractivity contribution is 0.660. The number of furan rings is 2. The Kier molecular flexibility index (Phi) is 6.27. The van der Waals surface area contributed by atoms with E-state index in [1.807, 2.05) is 36.4 Å². The zero-order valence-corrected chi connectivity index (χ0v) is 29.2. The number of aromatic nitrogens is 2. The predicted octanol–water partition coefficient (Wildman–Crippen LogP) is 13.2. The maximum absolute atomic E-state index is 6.73. The lowest BCUT2D eigenvalue weighted by Gasteiger charge is -2.21. The highest BCUT2D eigenvalue weighted by Crippen LogP contribution is 2.50. The van der Waals surface area contributed by atoms with Crippen LogP contribution < -0.4 is 0 Å². The Balaban J connectivity index is 1.12. The van der Waals surface area contributed by atoms with E-state index in [1.54, 1.807) is 0 Å². The van der Waals surface area contributed by atoms with Gasteiger partial charge in [-0.2, -0.15) is 0 Å². The van der Waals surface area contributed by atoms with Gasteiger partial charge in [-0.15, -0.1) is 0 Å². The molecule has 0 radical (unpaired) electrons. The van der Waals surface area contributed by atoms with E-state index in [1.165, 1.54) is 33.4 Å². The Morgan fingerprint density at radius 3 is 1.94 bits per heavy atom. The lowest BCUT2D eigenvalue weighted by atomic mass is 9.82. The molecule has 0 unspecified atom stereocenters. The number of rotatable bonds is 4. The summed E-state index contributed by atoms with van der Waals surface area (Å²) in [4.78, 5) is 10.6. The molecular formula is C49H32N2O2. The van der Waals surface area contributed by atoms with Gasteiger partial charge in [0.1, 0.15) is 28.0 Å². The summed E-state index contributed by atoms with van der Waals surface area (Å²) in [6, 6.07) is 55.3. The van der Waals surface area contributed by atoms with Crippen LogP contribution >= 0.6 is 0 Å². The minimum absolute atomic E-state index is 0.141. The lowest BCUT2D eigenvalue weighted by Crippen LogP contribution is -2.15. The molecule has 10 aromatic rings. The van der Waals surface area contributed by atoms with Gasteiger partial charge in [0.15, 0.2) is 11.4 Å². The van der Waals surface area contributed by atoms with Gasteiger partial charge in [0.05, 0.1) is 0 Å². The summed E-state index contributed by atoms with van der Waals surface area (Å²) >= 11 is 0. The normalized spacial score (nSPS) is 13.2. The third-order valence-corrected chi connectivity index (χ3v) is 11.1. The molecule has 0 saturated carbocycles.